The van der Waals surface area contributed by atoms with Gasteiger partial charge in [-0.15, -0.1) is 0 Å². The summed E-state index contributed by atoms with van der Waals surface area (Å²) in [4.78, 5) is 51.6. The maximum Gasteiger partial charge on any atom is 0.414 e. The fourth-order valence-electron chi connectivity index (χ4n) is 5.86. The van der Waals surface area contributed by atoms with Gasteiger partial charge in [0.15, 0.2) is 21.5 Å². The van der Waals surface area contributed by atoms with Gasteiger partial charge in [0.25, 0.3) is 0 Å². The van der Waals surface area contributed by atoms with E-state index in [0.29, 0.717) is 37.7 Å². The number of ether oxygens (including phenoxy) is 3. The minimum Gasteiger partial charge on any atom is -0.442 e. The van der Waals surface area contributed by atoms with Crippen LogP contribution in [0.2, 0.25) is 0 Å². The van der Waals surface area contributed by atoms with Crippen molar-refractivity contribution in [2.45, 2.75) is 26.1 Å². The Balaban J connectivity index is 0.000000199. The summed E-state index contributed by atoms with van der Waals surface area (Å²) in [7, 11) is -3.18. The average Bonchev–Trinajstić information content (AvgIpc) is 3.65. The number of hydrogen-bond donors (Lipinski definition) is 2. The largest absolute Gasteiger partial charge is 0.442 e. The third-order valence-corrected chi connectivity index (χ3v) is 10.1. The number of nitrogens with zero attached hydrogens (tertiary/aromatic N) is 4. The molecule has 4 fully saturated rings. The van der Waals surface area contributed by atoms with Crippen molar-refractivity contribution < 1.29 is 55.0 Å². The van der Waals surface area contributed by atoms with Crippen molar-refractivity contribution in [2.24, 2.45) is 0 Å². The number of benzene rings is 2. The summed E-state index contributed by atoms with van der Waals surface area (Å²) in [6.45, 7) is 5.80. The topological polar surface area (TPSA) is 167 Å². The standard InChI is InChI=1S/C16H19F2N3O5S.C16H20FN3O4/c1-10(22)19-8-12-9-21(16(23)26-12)11-6-13(17)15(14(18)7-11)20-2-4-27(24,25)5-3-20;1-11(21)18-9-13-10-20(16(22)24-13)12-2-3-15(14(17)8-12)19-4-6-23-7-5-19/h6-7,12H,2-5,8-9H2,1H3,(H,19,22);2-3,8,13H,4-7,9-10H2,1H3,(H,18,21)/t12-;13-/m00/s1. The van der Waals surface area contributed by atoms with Crippen LogP contribution in [-0.4, -0.2) is 122 Å². The Kier molecular flexibility index (Phi) is 11.8. The highest BCUT2D eigenvalue weighted by molar-refractivity contribution is 7.91. The third kappa shape index (κ3) is 9.52. The second-order valence-corrected chi connectivity index (χ2v) is 14.5. The van der Waals surface area contributed by atoms with Gasteiger partial charge in [-0.05, 0) is 18.2 Å². The Bertz CT molecular complexity index is 1720. The third-order valence-electron chi connectivity index (χ3n) is 8.47. The number of nitrogens with one attached hydrogen (secondary N) is 2. The van der Waals surface area contributed by atoms with Crippen LogP contribution in [0, 0.1) is 17.5 Å². The fraction of sp³-hybridized carbons (Fsp3) is 0.500. The van der Waals surface area contributed by atoms with E-state index in [-0.39, 0.29) is 79.8 Å². The van der Waals surface area contributed by atoms with Crippen LogP contribution >= 0.6 is 0 Å². The molecule has 15 nitrogen and oxygen atoms in total. The lowest BCUT2D eigenvalue weighted by Gasteiger charge is -2.29. The van der Waals surface area contributed by atoms with Crippen LogP contribution < -0.4 is 30.2 Å². The number of sulfone groups is 1. The second kappa shape index (κ2) is 16.1. The summed E-state index contributed by atoms with van der Waals surface area (Å²) < 4.78 is 82.1. The van der Waals surface area contributed by atoms with Gasteiger partial charge in [-0.1, -0.05) is 0 Å². The van der Waals surface area contributed by atoms with Gasteiger partial charge in [0.1, 0.15) is 23.7 Å². The first-order valence-electron chi connectivity index (χ1n) is 16.2. The number of hydrogen-bond acceptors (Lipinski definition) is 11. The number of amides is 4. The van der Waals surface area contributed by atoms with E-state index in [2.05, 4.69) is 10.6 Å². The first-order valence-corrected chi connectivity index (χ1v) is 18.0. The van der Waals surface area contributed by atoms with E-state index in [1.165, 1.54) is 29.7 Å². The van der Waals surface area contributed by atoms with Crippen LogP contribution in [0.1, 0.15) is 13.8 Å². The van der Waals surface area contributed by atoms with Crippen molar-refractivity contribution in [3.05, 3.63) is 47.8 Å². The molecule has 4 heterocycles. The number of carbonyl (C=O) groups excluding carboxylic acids is 4. The molecular weight excluding hydrogens is 701 g/mol. The Labute approximate surface area is 292 Å². The fourth-order valence-corrected chi connectivity index (χ4v) is 7.06. The average molecular weight is 741 g/mol. The normalized spacial score (nSPS) is 21.4. The number of morpholine rings is 1. The lowest BCUT2D eigenvalue weighted by molar-refractivity contribution is -0.120. The highest BCUT2D eigenvalue weighted by Crippen LogP contribution is 2.32. The number of rotatable bonds is 8. The van der Waals surface area contributed by atoms with Gasteiger partial charge in [0.05, 0.1) is 68.0 Å². The summed E-state index contributed by atoms with van der Waals surface area (Å²) in [6.07, 6.45) is -2.37. The molecule has 0 aliphatic carbocycles. The van der Waals surface area contributed by atoms with E-state index >= 15 is 0 Å². The van der Waals surface area contributed by atoms with E-state index in [0.717, 1.165) is 17.0 Å². The first-order chi connectivity index (χ1) is 24.2. The molecule has 4 aliphatic rings. The summed E-state index contributed by atoms with van der Waals surface area (Å²) in [6, 6.07) is 6.75. The van der Waals surface area contributed by atoms with Crippen molar-refractivity contribution >= 4 is 56.6 Å². The molecular formula is C32H39F3N6O9S. The molecule has 51 heavy (non-hydrogen) atoms. The van der Waals surface area contributed by atoms with E-state index in [4.69, 9.17) is 14.2 Å². The quantitative estimate of drug-likeness (QED) is 0.405. The Morgan fingerprint density at radius 1 is 0.745 bits per heavy atom. The monoisotopic (exact) mass is 740 g/mol. The first kappa shape index (κ1) is 37.5. The maximum absolute atomic E-state index is 14.6. The molecule has 278 valence electrons. The molecule has 2 N–H and O–H groups in total. The minimum atomic E-state index is -3.18. The van der Waals surface area contributed by atoms with Gasteiger partial charge in [0, 0.05) is 52.2 Å². The number of anilines is 4. The van der Waals surface area contributed by atoms with Crippen molar-refractivity contribution in [1.29, 1.82) is 0 Å². The van der Waals surface area contributed by atoms with Crippen LogP contribution in [0.15, 0.2) is 30.3 Å². The van der Waals surface area contributed by atoms with Gasteiger partial charge in [-0.3, -0.25) is 19.4 Å². The van der Waals surface area contributed by atoms with Crippen LogP contribution in [0.5, 0.6) is 0 Å². The molecule has 0 bridgehead atoms. The predicted molar refractivity (Wildman–Crippen MR) is 179 cm³/mol. The lowest BCUT2D eigenvalue weighted by atomic mass is 10.2. The molecule has 2 atom stereocenters. The number of carbonyl (C=O) groups is 4. The van der Waals surface area contributed by atoms with Gasteiger partial charge >= 0.3 is 12.2 Å². The van der Waals surface area contributed by atoms with Crippen LogP contribution in [-0.2, 0) is 33.6 Å². The molecule has 2 aromatic carbocycles. The lowest BCUT2D eigenvalue weighted by Crippen LogP contribution is -2.41. The van der Waals surface area contributed by atoms with E-state index in [9.17, 15) is 40.8 Å². The maximum atomic E-state index is 14.6. The van der Waals surface area contributed by atoms with E-state index in [1.54, 1.807) is 12.1 Å². The molecule has 0 saturated carbocycles. The van der Waals surface area contributed by atoms with Gasteiger partial charge < -0.3 is 34.6 Å². The number of cyclic esters (lactones) is 2. The Morgan fingerprint density at radius 3 is 1.73 bits per heavy atom. The molecule has 2 aromatic rings. The number of halogens is 3. The second-order valence-electron chi connectivity index (χ2n) is 12.2. The van der Waals surface area contributed by atoms with Gasteiger partial charge in [-0.2, -0.15) is 0 Å². The zero-order valence-electron chi connectivity index (χ0n) is 28.0. The summed E-state index contributed by atoms with van der Waals surface area (Å²) in [5.74, 6) is -2.97. The predicted octanol–water partition coefficient (Wildman–Crippen LogP) is 1.78. The van der Waals surface area contributed by atoms with E-state index in [1.807, 2.05) is 4.90 Å². The van der Waals surface area contributed by atoms with Crippen molar-refractivity contribution in [3.8, 4) is 0 Å². The van der Waals surface area contributed by atoms with Crippen molar-refractivity contribution in [2.75, 3.05) is 96.7 Å². The van der Waals surface area contributed by atoms with Crippen LogP contribution in [0.3, 0.4) is 0 Å². The Morgan fingerprint density at radius 2 is 1.24 bits per heavy atom. The van der Waals surface area contributed by atoms with Crippen LogP contribution in [0.4, 0.5) is 45.5 Å². The highest BCUT2D eigenvalue weighted by atomic mass is 32.2. The molecule has 0 aromatic heterocycles. The smallest absolute Gasteiger partial charge is 0.414 e. The van der Waals surface area contributed by atoms with Gasteiger partial charge in [-0.25, -0.2) is 31.2 Å². The molecule has 4 aliphatic heterocycles. The molecule has 0 unspecified atom stereocenters. The minimum absolute atomic E-state index is 0.0000653. The Hall–Kier alpha value is -4.78. The van der Waals surface area contributed by atoms with Gasteiger partial charge in [0.2, 0.25) is 11.8 Å². The molecule has 19 heteroatoms. The zero-order chi connectivity index (χ0) is 36.9. The highest BCUT2D eigenvalue weighted by Gasteiger charge is 2.35. The summed E-state index contributed by atoms with van der Waals surface area (Å²) in [5.41, 5.74) is 0.633. The zero-order valence-corrected chi connectivity index (χ0v) is 28.8. The van der Waals surface area contributed by atoms with Crippen LogP contribution in [0.25, 0.3) is 0 Å². The molecule has 0 spiro atoms. The molecule has 0 radical (unpaired) electrons. The molecule has 4 saturated heterocycles. The summed E-state index contributed by atoms with van der Waals surface area (Å²) >= 11 is 0. The SMILES string of the molecule is CC(=O)NC[C@H]1CN(c2cc(F)c(N3CCS(=O)(=O)CC3)c(F)c2)C(=O)O1.CC(=O)NC[C@H]1CN(c2ccc(N3CCOCC3)c(F)c2)C(=O)O1. The molecule has 4 amide bonds. The van der Waals surface area contributed by atoms with Crippen molar-refractivity contribution in [1.82, 2.24) is 10.6 Å². The van der Waals surface area contributed by atoms with E-state index < -0.39 is 45.9 Å². The molecule has 6 rings (SSSR count). The van der Waals surface area contributed by atoms with Crippen molar-refractivity contribution in [3.63, 3.8) is 0 Å². The summed E-state index contributed by atoms with van der Waals surface area (Å²) in [5, 5.41) is 5.12.